The minimum atomic E-state index is -0.0719. The Kier molecular flexibility index (Phi) is 3.66. The monoisotopic (exact) mass is 380 g/mol. The number of aromatic amines is 1. The number of nitrogens with zero attached hydrogens (tertiary/aromatic N) is 3. The van der Waals surface area contributed by atoms with Crippen molar-refractivity contribution in [1.82, 2.24) is 24.7 Å². The number of hydrogen-bond donors (Lipinski definition) is 3. The van der Waals surface area contributed by atoms with Gasteiger partial charge in [-0.1, -0.05) is 11.6 Å². The van der Waals surface area contributed by atoms with Gasteiger partial charge in [0.1, 0.15) is 17.0 Å². The predicted octanol–water partition coefficient (Wildman–Crippen LogP) is 2.91. The molecular weight excluding hydrogens is 364 g/mol. The van der Waals surface area contributed by atoms with Crippen LogP contribution in [0.3, 0.4) is 0 Å². The van der Waals surface area contributed by atoms with Gasteiger partial charge in [-0.05, 0) is 31.2 Å². The van der Waals surface area contributed by atoms with Crippen LogP contribution in [0.25, 0.3) is 27.8 Å². The molecule has 0 bridgehead atoms. The van der Waals surface area contributed by atoms with Crippen LogP contribution >= 0.6 is 11.6 Å². The molecule has 4 aromatic rings. The number of nitrogen functional groups attached to an aromatic ring is 1. The van der Waals surface area contributed by atoms with E-state index < -0.39 is 0 Å². The molecule has 1 fully saturated rings. The normalized spacial score (nSPS) is 17.1. The molecule has 0 aromatic carbocycles. The number of nitrogens with one attached hydrogen (secondary N) is 2. The Morgan fingerprint density at radius 1 is 1.33 bits per heavy atom. The first-order valence-electron chi connectivity index (χ1n) is 8.78. The molecular formula is C19H17ClN6O. The van der Waals surface area contributed by atoms with Gasteiger partial charge in [0.15, 0.2) is 11.6 Å². The molecule has 1 unspecified atom stereocenters. The molecule has 0 radical (unpaired) electrons. The van der Waals surface area contributed by atoms with Crippen molar-refractivity contribution in [2.45, 2.75) is 6.42 Å². The van der Waals surface area contributed by atoms with Crippen molar-refractivity contribution < 1.29 is 4.79 Å². The van der Waals surface area contributed by atoms with E-state index in [0.29, 0.717) is 22.9 Å². The molecule has 5 heterocycles. The average Bonchev–Trinajstić information content (AvgIpc) is 3.40. The Labute approximate surface area is 159 Å². The van der Waals surface area contributed by atoms with Crippen LogP contribution in [-0.2, 0) is 0 Å². The summed E-state index contributed by atoms with van der Waals surface area (Å²) in [5.74, 6) is 0.208. The van der Waals surface area contributed by atoms with Crippen LogP contribution in [0.1, 0.15) is 16.9 Å². The number of H-pyrrole nitrogens is 1. The van der Waals surface area contributed by atoms with E-state index in [1.54, 1.807) is 16.8 Å². The average molecular weight is 381 g/mol. The van der Waals surface area contributed by atoms with Crippen LogP contribution in [0.4, 0.5) is 5.82 Å². The van der Waals surface area contributed by atoms with Crippen LogP contribution in [0.5, 0.6) is 0 Å². The quantitative estimate of drug-likeness (QED) is 0.474. The van der Waals surface area contributed by atoms with Gasteiger partial charge in [-0.25, -0.2) is 9.97 Å². The van der Waals surface area contributed by atoms with Gasteiger partial charge in [-0.3, -0.25) is 9.20 Å². The van der Waals surface area contributed by atoms with Crippen LogP contribution < -0.4 is 11.1 Å². The Hall–Kier alpha value is -2.90. The smallest absolute Gasteiger partial charge is 0.187 e. The van der Waals surface area contributed by atoms with E-state index in [1.807, 2.05) is 24.4 Å². The Balaban J connectivity index is 1.67. The Morgan fingerprint density at radius 3 is 3.04 bits per heavy atom. The van der Waals surface area contributed by atoms with E-state index in [9.17, 15) is 4.79 Å². The fourth-order valence-electron chi connectivity index (χ4n) is 3.72. The molecule has 1 saturated heterocycles. The van der Waals surface area contributed by atoms with E-state index >= 15 is 0 Å². The maximum atomic E-state index is 13.0. The molecule has 0 amide bonds. The van der Waals surface area contributed by atoms with Crippen molar-refractivity contribution in [2.75, 3.05) is 18.8 Å². The summed E-state index contributed by atoms with van der Waals surface area (Å²) in [5.41, 5.74) is 9.53. The largest absolute Gasteiger partial charge is 0.382 e. The molecule has 1 atom stereocenters. The highest BCUT2D eigenvalue weighted by atomic mass is 35.5. The summed E-state index contributed by atoms with van der Waals surface area (Å²) in [4.78, 5) is 24.8. The zero-order valence-electron chi connectivity index (χ0n) is 14.4. The van der Waals surface area contributed by atoms with E-state index in [4.69, 9.17) is 17.3 Å². The number of carbonyl (C=O) groups excluding carboxylic acids is 1. The number of imidazole rings is 1. The number of pyridine rings is 2. The molecule has 4 N–H and O–H groups in total. The molecule has 27 heavy (non-hydrogen) atoms. The molecule has 8 heteroatoms. The fraction of sp³-hybridized carbons (Fsp3) is 0.211. The van der Waals surface area contributed by atoms with E-state index in [-0.39, 0.29) is 17.5 Å². The standard InChI is InChI=1S/C19H17ClN6O/c20-15-12-4-6-23-19(12)24-8-13(15)11-1-2-14-25-18(21)16(26(14)9-11)17(27)10-3-5-22-7-10/h1-2,4,6,8-10,22H,3,5,7,21H2,(H,23,24). The summed E-state index contributed by atoms with van der Waals surface area (Å²) in [5, 5.41) is 4.69. The van der Waals surface area contributed by atoms with E-state index in [0.717, 1.165) is 35.1 Å². The third-order valence-corrected chi connectivity index (χ3v) is 5.55. The number of nitrogens with two attached hydrogens (primary N) is 1. The number of Topliss-reactive ketones (excluding diaryl/α,β-unsaturated/α-hetero) is 1. The summed E-state index contributed by atoms with van der Waals surface area (Å²) < 4.78 is 1.77. The lowest BCUT2D eigenvalue weighted by Gasteiger charge is -2.10. The molecule has 1 aliphatic heterocycles. The fourth-order valence-corrected chi connectivity index (χ4v) is 4.03. The van der Waals surface area contributed by atoms with Gasteiger partial charge in [-0.2, -0.15) is 0 Å². The van der Waals surface area contributed by atoms with E-state index in [1.165, 1.54) is 0 Å². The van der Waals surface area contributed by atoms with E-state index in [2.05, 4.69) is 20.3 Å². The molecule has 0 spiro atoms. The Morgan fingerprint density at radius 2 is 2.22 bits per heavy atom. The number of hydrogen-bond acceptors (Lipinski definition) is 5. The van der Waals surface area contributed by atoms with Crippen LogP contribution in [-0.4, -0.2) is 38.2 Å². The lowest BCUT2D eigenvalue weighted by atomic mass is 10.0. The summed E-state index contributed by atoms with van der Waals surface area (Å²) >= 11 is 6.60. The van der Waals surface area contributed by atoms with Crippen molar-refractivity contribution in [3.8, 4) is 11.1 Å². The second kappa shape index (κ2) is 6.07. The first kappa shape index (κ1) is 16.3. The topological polar surface area (TPSA) is 101 Å². The number of ketones is 1. The summed E-state index contributed by atoms with van der Waals surface area (Å²) in [7, 11) is 0. The molecule has 1 aliphatic rings. The van der Waals surface area contributed by atoms with Gasteiger partial charge in [0.05, 0.1) is 5.02 Å². The maximum Gasteiger partial charge on any atom is 0.187 e. The Bertz CT molecular complexity index is 1190. The van der Waals surface area contributed by atoms with Crippen molar-refractivity contribution in [1.29, 1.82) is 0 Å². The molecule has 136 valence electrons. The van der Waals surface area contributed by atoms with Crippen LogP contribution in [0, 0.1) is 5.92 Å². The minimum absolute atomic E-state index is 0.0208. The van der Waals surface area contributed by atoms with Crippen LogP contribution in [0.15, 0.2) is 36.8 Å². The van der Waals surface area contributed by atoms with Gasteiger partial charge in [0, 0.05) is 47.6 Å². The number of carbonyl (C=O) groups is 1. The summed E-state index contributed by atoms with van der Waals surface area (Å²) in [6, 6.07) is 5.64. The zero-order chi connectivity index (χ0) is 18.5. The minimum Gasteiger partial charge on any atom is -0.382 e. The van der Waals surface area contributed by atoms with Crippen molar-refractivity contribution >= 4 is 39.9 Å². The number of aromatic nitrogens is 4. The highest BCUT2D eigenvalue weighted by molar-refractivity contribution is 6.38. The third-order valence-electron chi connectivity index (χ3n) is 5.14. The lowest BCUT2D eigenvalue weighted by Crippen LogP contribution is -2.20. The lowest BCUT2D eigenvalue weighted by molar-refractivity contribution is 0.0925. The van der Waals surface area contributed by atoms with Crippen molar-refractivity contribution in [3.63, 3.8) is 0 Å². The van der Waals surface area contributed by atoms with Gasteiger partial charge in [0.25, 0.3) is 0 Å². The number of halogens is 1. The SMILES string of the molecule is Nc1nc2ccc(-c3cnc4[nH]ccc4c3Cl)cn2c1C(=O)C1CCNC1. The van der Waals surface area contributed by atoms with Crippen molar-refractivity contribution in [3.05, 3.63) is 47.5 Å². The molecule has 4 aromatic heterocycles. The second-order valence-corrected chi connectivity index (χ2v) is 7.15. The first-order valence-corrected chi connectivity index (χ1v) is 9.16. The van der Waals surface area contributed by atoms with Gasteiger partial charge in [-0.15, -0.1) is 0 Å². The molecule has 0 aliphatic carbocycles. The van der Waals surface area contributed by atoms with Gasteiger partial charge in [0.2, 0.25) is 0 Å². The highest BCUT2D eigenvalue weighted by Crippen LogP contribution is 2.33. The van der Waals surface area contributed by atoms with Crippen LogP contribution in [0.2, 0.25) is 5.02 Å². The maximum absolute atomic E-state index is 13.0. The van der Waals surface area contributed by atoms with Gasteiger partial charge < -0.3 is 16.0 Å². The first-order chi connectivity index (χ1) is 13.1. The number of anilines is 1. The highest BCUT2D eigenvalue weighted by Gasteiger charge is 2.28. The number of rotatable bonds is 3. The molecule has 0 saturated carbocycles. The predicted molar refractivity (Wildman–Crippen MR) is 105 cm³/mol. The van der Waals surface area contributed by atoms with Crippen molar-refractivity contribution in [2.24, 2.45) is 5.92 Å². The summed E-state index contributed by atoms with van der Waals surface area (Å²) in [6.45, 7) is 1.52. The summed E-state index contributed by atoms with van der Waals surface area (Å²) in [6.07, 6.45) is 6.20. The molecule has 7 nitrogen and oxygen atoms in total. The third kappa shape index (κ3) is 2.50. The van der Waals surface area contributed by atoms with Gasteiger partial charge >= 0.3 is 0 Å². The zero-order valence-corrected chi connectivity index (χ0v) is 15.1. The number of fused-ring (bicyclic) bond motifs is 2. The second-order valence-electron chi connectivity index (χ2n) is 6.77. The molecule has 5 rings (SSSR count).